The summed E-state index contributed by atoms with van der Waals surface area (Å²) in [5.41, 5.74) is 2.57. The van der Waals surface area contributed by atoms with Crippen molar-refractivity contribution < 1.29 is 4.74 Å². The molecule has 0 saturated carbocycles. The van der Waals surface area contributed by atoms with E-state index in [1.807, 2.05) is 18.5 Å². The lowest BCUT2D eigenvalue weighted by Crippen LogP contribution is -2.46. The SMILES string of the molecule is Cc1ccc(N2CCC(NC(=NCc3nnc(C)n3C)NCC3CCCO3)C2)cc1.I. The summed E-state index contributed by atoms with van der Waals surface area (Å²) >= 11 is 0. The number of nitrogens with one attached hydrogen (secondary N) is 2. The first kappa shape index (κ1) is 23.8. The van der Waals surface area contributed by atoms with E-state index in [1.54, 1.807) is 0 Å². The van der Waals surface area contributed by atoms with Gasteiger partial charge >= 0.3 is 0 Å². The standard InChI is InChI=1S/C22H33N7O.HI/c1-16-6-8-19(9-7-16)29-11-10-18(15-29)25-22(23-13-20-5-4-12-30-20)24-14-21-27-26-17(2)28(21)3;/h6-9,18,20H,4-5,10-15H2,1-3H3,(H2,23,24,25);1H. The van der Waals surface area contributed by atoms with Gasteiger partial charge in [-0.15, -0.1) is 34.2 Å². The second-order valence-electron chi connectivity index (χ2n) is 8.31. The van der Waals surface area contributed by atoms with E-state index in [0.717, 1.165) is 63.1 Å². The molecular formula is C22H34IN7O. The fraction of sp³-hybridized carbons (Fsp3) is 0.591. The molecule has 2 unspecified atom stereocenters. The lowest BCUT2D eigenvalue weighted by atomic mass is 10.2. The van der Waals surface area contributed by atoms with E-state index in [2.05, 4.69) is 56.9 Å². The maximum atomic E-state index is 5.76. The van der Waals surface area contributed by atoms with Crippen LogP contribution in [0.2, 0.25) is 0 Å². The molecule has 2 saturated heterocycles. The van der Waals surface area contributed by atoms with Crippen LogP contribution < -0.4 is 15.5 Å². The van der Waals surface area contributed by atoms with Gasteiger partial charge < -0.3 is 24.8 Å². The van der Waals surface area contributed by atoms with Gasteiger partial charge in [0.25, 0.3) is 0 Å². The van der Waals surface area contributed by atoms with Crippen molar-refractivity contribution in [3.8, 4) is 0 Å². The molecule has 2 atom stereocenters. The van der Waals surface area contributed by atoms with E-state index in [-0.39, 0.29) is 30.1 Å². The Morgan fingerprint density at radius 2 is 2.00 bits per heavy atom. The number of ether oxygens (including phenoxy) is 1. The second kappa shape index (κ2) is 11.1. The van der Waals surface area contributed by atoms with Gasteiger partial charge in [-0.25, -0.2) is 4.99 Å². The van der Waals surface area contributed by atoms with Crippen molar-refractivity contribution in [1.29, 1.82) is 0 Å². The summed E-state index contributed by atoms with van der Waals surface area (Å²) in [6, 6.07) is 9.12. The summed E-state index contributed by atoms with van der Waals surface area (Å²) in [4.78, 5) is 7.23. The predicted molar refractivity (Wildman–Crippen MR) is 134 cm³/mol. The van der Waals surface area contributed by atoms with Crippen LogP contribution in [-0.2, 0) is 18.3 Å². The molecule has 2 aliphatic rings. The van der Waals surface area contributed by atoms with E-state index in [4.69, 9.17) is 9.73 Å². The number of guanidine groups is 1. The molecule has 2 aliphatic heterocycles. The smallest absolute Gasteiger partial charge is 0.192 e. The molecule has 2 fully saturated rings. The van der Waals surface area contributed by atoms with Crippen LogP contribution in [0.5, 0.6) is 0 Å². The molecular weight excluding hydrogens is 505 g/mol. The van der Waals surface area contributed by atoms with Crippen LogP contribution in [0, 0.1) is 13.8 Å². The molecule has 0 amide bonds. The number of hydrogen-bond acceptors (Lipinski definition) is 5. The molecule has 170 valence electrons. The Morgan fingerprint density at radius 1 is 1.19 bits per heavy atom. The van der Waals surface area contributed by atoms with Gasteiger partial charge in [-0.3, -0.25) is 0 Å². The number of aromatic nitrogens is 3. The third-order valence-electron chi connectivity index (χ3n) is 6.01. The zero-order chi connectivity index (χ0) is 20.9. The monoisotopic (exact) mass is 539 g/mol. The van der Waals surface area contributed by atoms with Crippen LogP contribution in [0.1, 0.15) is 36.5 Å². The summed E-state index contributed by atoms with van der Waals surface area (Å²) in [7, 11) is 1.98. The summed E-state index contributed by atoms with van der Waals surface area (Å²) in [5.74, 6) is 2.58. The molecule has 9 heteroatoms. The summed E-state index contributed by atoms with van der Waals surface area (Å²) < 4.78 is 7.75. The Kier molecular flexibility index (Phi) is 8.53. The zero-order valence-corrected chi connectivity index (χ0v) is 21.0. The first-order valence-corrected chi connectivity index (χ1v) is 10.9. The minimum atomic E-state index is 0. The first-order chi connectivity index (χ1) is 14.6. The highest BCUT2D eigenvalue weighted by molar-refractivity contribution is 14.0. The van der Waals surface area contributed by atoms with Gasteiger partial charge in [0.15, 0.2) is 11.8 Å². The second-order valence-corrected chi connectivity index (χ2v) is 8.31. The minimum Gasteiger partial charge on any atom is -0.376 e. The summed E-state index contributed by atoms with van der Waals surface area (Å²) in [5, 5.41) is 15.5. The third kappa shape index (κ3) is 6.31. The molecule has 0 spiro atoms. The molecule has 31 heavy (non-hydrogen) atoms. The van der Waals surface area contributed by atoms with Crippen LogP contribution in [0.3, 0.4) is 0 Å². The number of anilines is 1. The van der Waals surface area contributed by atoms with Crippen molar-refractivity contribution in [2.75, 3.05) is 31.1 Å². The lowest BCUT2D eigenvalue weighted by molar-refractivity contribution is 0.113. The van der Waals surface area contributed by atoms with E-state index >= 15 is 0 Å². The van der Waals surface area contributed by atoms with Crippen LogP contribution >= 0.6 is 24.0 Å². The van der Waals surface area contributed by atoms with Crippen molar-refractivity contribution in [2.45, 2.75) is 51.8 Å². The molecule has 0 radical (unpaired) electrons. The highest BCUT2D eigenvalue weighted by Crippen LogP contribution is 2.20. The fourth-order valence-electron chi connectivity index (χ4n) is 3.97. The molecule has 2 aromatic rings. The van der Waals surface area contributed by atoms with Crippen LogP contribution in [0.4, 0.5) is 5.69 Å². The fourth-order valence-corrected chi connectivity index (χ4v) is 3.97. The number of hydrogen-bond donors (Lipinski definition) is 2. The third-order valence-corrected chi connectivity index (χ3v) is 6.01. The average molecular weight is 539 g/mol. The van der Waals surface area contributed by atoms with Gasteiger partial charge in [0.2, 0.25) is 0 Å². The van der Waals surface area contributed by atoms with Crippen LogP contribution in [0.25, 0.3) is 0 Å². The number of benzene rings is 1. The van der Waals surface area contributed by atoms with Crippen molar-refractivity contribution in [2.24, 2.45) is 12.0 Å². The number of aryl methyl sites for hydroxylation is 2. The quantitative estimate of drug-likeness (QED) is 0.334. The molecule has 0 bridgehead atoms. The Hall–Kier alpha value is -1.88. The maximum absolute atomic E-state index is 5.76. The Labute approximate surface area is 201 Å². The molecule has 8 nitrogen and oxygen atoms in total. The highest BCUT2D eigenvalue weighted by atomic mass is 127. The minimum absolute atomic E-state index is 0. The maximum Gasteiger partial charge on any atom is 0.192 e. The number of rotatable bonds is 6. The van der Waals surface area contributed by atoms with E-state index in [9.17, 15) is 0 Å². The largest absolute Gasteiger partial charge is 0.376 e. The zero-order valence-electron chi connectivity index (χ0n) is 18.7. The van der Waals surface area contributed by atoms with Crippen molar-refractivity contribution in [3.63, 3.8) is 0 Å². The Bertz CT molecular complexity index is 861. The number of halogens is 1. The van der Waals surface area contributed by atoms with Crippen molar-refractivity contribution in [1.82, 2.24) is 25.4 Å². The number of nitrogens with zero attached hydrogens (tertiary/aromatic N) is 5. The van der Waals surface area contributed by atoms with Gasteiger partial charge in [-0.05, 0) is 45.2 Å². The van der Waals surface area contributed by atoms with Gasteiger partial charge in [0, 0.05) is 45.0 Å². The van der Waals surface area contributed by atoms with Gasteiger partial charge in [-0.2, -0.15) is 0 Å². The summed E-state index contributed by atoms with van der Waals surface area (Å²) in [6.45, 7) is 8.21. The molecule has 1 aromatic heterocycles. The van der Waals surface area contributed by atoms with E-state index in [1.165, 1.54) is 11.3 Å². The first-order valence-electron chi connectivity index (χ1n) is 10.9. The predicted octanol–water partition coefficient (Wildman–Crippen LogP) is 2.54. The van der Waals surface area contributed by atoms with Crippen LogP contribution in [-0.4, -0.2) is 59.1 Å². The molecule has 2 N–H and O–H groups in total. The summed E-state index contributed by atoms with van der Waals surface area (Å²) in [6.07, 6.45) is 3.59. The Morgan fingerprint density at radius 3 is 2.68 bits per heavy atom. The number of aliphatic imine (C=N–C) groups is 1. The van der Waals surface area contributed by atoms with Gasteiger partial charge in [-0.1, -0.05) is 17.7 Å². The average Bonchev–Trinajstić information content (AvgIpc) is 3.49. The van der Waals surface area contributed by atoms with Gasteiger partial charge in [0.1, 0.15) is 12.4 Å². The van der Waals surface area contributed by atoms with E-state index < -0.39 is 0 Å². The molecule has 3 heterocycles. The molecule has 4 rings (SSSR count). The normalized spacial score (nSPS) is 21.3. The Balaban J connectivity index is 0.00000272. The molecule has 0 aliphatic carbocycles. The lowest BCUT2D eigenvalue weighted by Gasteiger charge is -2.21. The van der Waals surface area contributed by atoms with Crippen molar-refractivity contribution >= 4 is 35.6 Å². The van der Waals surface area contributed by atoms with E-state index in [0.29, 0.717) is 12.6 Å². The van der Waals surface area contributed by atoms with Gasteiger partial charge in [0.05, 0.1) is 6.10 Å². The van der Waals surface area contributed by atoms with Crippen LogP contribution in [0.15, 0.2) is 29.3 Å². The molecule has 1 aromatic carbocycles. The topological polar surface area (TPSA) is 79.6 Å². The van der Waals surface area contributed by atoms with Crippen molar-refractivity contribution in [3.05, 3.63) is 41.5 Å². The highest BCUT2D eigenvalue weighted by Gasteiger charge is 2.24.